The molecule has 26 heavy (non-hydrogen) atoms. The molecule has 0 aromatic carbocycles. The molecule has 2 rings (SSSR count). The Balaban J connectivity index is 1.80. The van der Waals surface area contributed by atoms with Crippen LogP contribution in [0.1, 0.15) is 92.9 Å². The van der Waals surface area contributed by atoms with Gasteiger partial charge in [-0.1, -0.05) is 54.4 Å². The summed E-state index contributed by atoms with van der Waals surface area (Å²) in [6.07, 6.45) is 11.3. The first-order chi connectivity index (χ1) is 12.0. The summed E-state index contributed by atoms with van der Waals surface area (Å²) in [6.45, 7) is 17.1. The van der Waals surface area contributed by atoms with Crippen molar-refractivity contribution in [3.05, 3.63) is 0 Å². The fourth-order valence-corrected chi connectivity index (χ4v) is 5.70. The zero-order valence-electron chi connectivity index (χ0n) is 19.3. The van der Waals surface area contributed by atoms with Crippen molar-refractivity contribution in [1.82, 2.24) is 9.80 Å². The first-order valence-electron chi connectivity index (χ1n) is 11.4. The average Bonchev–Trinajstić information content (AvgIpc) is 2.58. The Labute approximate surface area is 165 Å². The molecule has 2 aliphatic rings. The maximum Gasteiger partial charge on any atom is 0.0126 e. The van der Waals surface area contributed by atoms with Crippen molar-refractivity contribution in [2.45, 2.75) is 105 Å². The van der Waals surface area contributed by atoms with E-state index in [1.165, 1.54) is 64.5 Å². The average molecular weight is 365 g/mol. The molecular weight excluding hydrogens is 316 g/mol. The number of rotatable bonds is 5. The molecule has 0 amide bonds. The largest absolute Gasteiger partial charge is 0.302 e. The van der Waals surface area contributed by atoms with Gasteiger partial charge in [-0.2, -0.15) is 0 Å². The van der Waals surface area contributed by atoms with Crippen molar-refractivity contribution >= 4 is 0 Å². The minimum atomic E-state index is 0.441. The summed E-state index contributed by atoms with van der Waals surface area (Å²) in [6, 6.07) is 1.60. The van der Waals surface area contributed by atoms with E-state index in [1.54, 1.807) is 0 Å². The van der Waals surface area contributed by atoms with E-state index in [2.05, 4.69) is 65.4 Å². The molecule has 2 atom stereocenters. The molecule has 2 heteroatoms. The Hall–Kier alpha value is -0.0800. The SMILES string of the molecule is CN(CCN(C)C1CCCCC1C(C)(C)C)C1CCC(C(C)(C)C)CC1. The minimum absolute atomic E-state index is 0.441. The molecule has 2 fully saturated rings. The molecule has 0 spiro atoms. The molecule has 0 aromatic rings. The van der Waals surface area contributed by atoms with E-state index in [-0.39, 0.29) is 0 Å². The van der Waals surface area contributed by atoms with Crippen molar-refractivity contribution in [1.29, 1.82) is 0 Å². The Morgan fingerprint density at radius 2 is 1.19 bits per heavy atom. The van der Waals surface area contributed by atoms with Gasteiger partial charge in [-0.25, -0.2) is 0 Å². The van der Waals surface area contributed by atoms with E-state index >= 15 is 0 Å². The summed E-state index contributed by atoms with van der Waals surface area (Å²) in [5, 5.41) is 0. The molecule has 0 heterocycles. The van der Waals surface area contributed by atoms with Gasteiger partial charge in [-0.15, -0.1) is 0 Å². The van der Waals surface area contributed by atoms with Crippen LogP contribution in [0.25, 0.3) is 0 Å². The maximum atomic E-state index is 2.70. The second kappa shape index (κ2) is 8.95. The highest BCUT2D eigenvalue weighted by molar-refractivity contribution is 4.89. The van der Waals surface area contributed by atoms with Crippen molar-refractivity contribution in [2.75, 3.05) is 27.2 Å². The molecule has 2 saturated carbocycles. The van der Waals surface area contributed by atoms with Gasteiger partial charge in [0, 0.05) is 25.2 Å². The normalized spacial score (nSPS) is 31.6. The fourth-order valence-electron chi connectivity index (χ4n) is 5.70. The van der Waals surface area contributed by atoms with E-state index in [0.717, 1.165) is 23.9 Å². The van der Waals surface area contributed by atoms with Gasteiger partial charge in [-0.3, -0.25) is 0 Å². The van der Waals surface area contributed by atoms with Crippen LogP contribution in [0.3, 0.4) is 0 Å². The third-order valence-corrected chi connectivity index (χ3v) is 7.76. The number of hydrogen-bond donors (Lipinski definition) is 0. The summed E-state index contributed by atoms with van der Waals surface area (Å²) < 4.78 is 0. The molecule has 2 unspecified atom stereocenters. The van der Waals surface area contributed by atoms with Gasteiger partial charge in [0.1, 0.15) is 0 Å². The van der Waals surface area contributed by atoms with Crippen LogP contribution in [-0.4, -0.2) is 49.1 Å². The van der Waals surface area contributed by atoms with Crippen LogP contribution in [0, 0.1) is 22.7 Å². The lowest BCUT2D eigenvalue weighted by molar-refractivity contribution is 0.0453. The Bertz CT molecular complexity index is 409. The molecule has 154 valence electrons. The van der Waals surface area contributed by atoms with Gasteiger partial charge in [0.2, 0.25) is 0 Å². The van der Waals surface area contributed by atoms with Crippen LogP contribution in [0.5, 0.6) is 0 Å². The number of likely N-dealkylation sites (N-methyl/N-ethyl adjacent to an activating group) is 2. The third kappa shape index (κ3) is 5.96. The second-order valence-electron chi connectivity index (χ2n) is 11.7. The van der Waals surface area contributed by atoms with Crippen LogP contribution in [0.4, 0.5) is 0 Å². The highest BCUT2D eigenvalue weighted by atomic mass is 15.2. The number of hydrogen-bond acceptors (Lipinski definition) is 2. The molecule has 0 aliphatic heterocycles. The molecule has 2 aliphatic carbocycles. The van der Waals surface area contributed by atoms with Crippen molar-refractivity contribution in [3.63, 3.8) is 0 Å². The van der Waals surface area contributed by atoms with E-state index in [1.807, 2.05) is 0 Å². The lowest BCUT2D eigenvalue weighted by atomic mass is 9.69. The summed E-state index contributed by atoms with van der Waals surface area (Å²) in [5.74, 6) is 1.78. The molecule has 0 radical (unpaired) electrons. The first-order valence-corrected chi connectivity index (χ1v) is 11.4. The summed E-state index contributed by atoms with van der Waals surface area (Å²) >= 11 is 0. The number of nitrogens with zero attached hydrogens (tertiary/aromatic N) is 2. The highest BCUT2D eigenvalue weighted by Crippen LogP contribution is 2.40. The maximum absolute atomic E-state index is 2.70. The Kier molecular flexibility index (Phi) is 7.64. The van der Waals surface area contributed by atoms with Gasteiger partial charge in [-0.05, 0) is 75.3 Å². The Morgan fingerprint density at radius 1 is 0.654 bits per heavy atom. The van der Waals surface area contributed by atoms with E-state index in [9.17, 15) is 0 Å². The quantitative estimate of drug-likeness (QED) is 0.585. The molecule has 0 N–H and O–H groups in total. The van der Waals surface area contributed by atoms with E-state index < -0.39 is 0 Å². The van der Waals surface area contributed by atoms with Gasteiger partial charge in [0.25, 0.3) is 0 Å². The standard InChI is InChI=1S/C24H48N2/c1-23(2,3)19-13-15-20(16-14-19)25(7)17-18-26(8)22-12-10-9-11-21(22)24(4,5)6/h19-22H,9-18H2,1-8H3. The minimum Gasteiger partial charge on any atom is -0.302 e. The van der Waals surface area contributed by atoms with Gasteiger partial charge >= 0.3 is 0 Å². The third-order valence-electron chi connectivity index (χ3n) is 7.76. The van der Waals surface area contributed by atoms with Crippen molar-refractivity contribution < 1.29 is 0 Å². The van der Waals surface area contributed by atoms with Crippen LogP contribution in [-0.2, 0) is 0 Å². The predicted molar refractivity (Wildman–Crippen MR) is 116 cm³/mol. The molecular formula is C24H48N2. The van der Waals surface area contributed by atoms with Gasteiger partial charge in [0.15, 0.2) is 0 Å². The molecule has 0 aromatic heterocycles. The van der Waals surface area contributed by atoms with Gasteiger partial charge in [0.05, 0.1) is 0 Å². The van der Waals surface area contributed by atoms with Crippen LogP contribution in [0.15, 0.2) is 0 Å². The zero-order valence-corrected chi connectivity index (χ0v) is 19.3. The summed E-state index contributed by atoms with van der Waals surface area (Å²) in [4.78, 5) is 5.37. The van der Waals surface area contributed by atoms with Crippen LogP contribution >= 0.6 is 0 Å². The van der Waals surface area contributed by atoms with Crippen molar-refractivity contribution in [3.8, 4) is 0 Å². The lowest BCUT2D eigenvalue weighted by Gasteiger charge is -2.45. The molecule has 2 nitrogen and oxygen atoms in total. The van der Waals surface area contributed by atoms with Crippen LogP contribution in [0.2, 0.25) is 0 Å². The van der Waals surface area contributed by atoms with E-state index in [4.69, 9.17) is 0 Å². The van der Waals surface area contributed by atoms with E-state index in [0.29, 0.717) is 10.8 Å². The summed E-state index contributed by atoms with van der Waals surface area (Å²) in [5.41, 5.74) is 0.934. The summed E-state index contributed by atoms with van der Waals surface area (Å²) in [7, 11) is 4.76. The highest BCUT2D eigenvalue weighted by Gasteiger charge is 2.36. The van der Waals surface area contributed by atoms with Gasteiger partial charge < -0.3 is 9.80 Å². The zero-order chi connectivity index (χ0) is 19.5. The fraction of sp³-hybridized carbons (Fsp3) is 1.00. The monoisotopic (exact) mass is 364 g/mol. The van der Waals surface area contributed by atoms with Crippen LogP contribution < -0.4 is 0 Å². The predicted octanol–water partition coefficient (Wildman–Crippen LogP) is 6.06. The first kappa shape index (κ1) is 22.2. The Morgan fingerprint density at radius 3 is 1.73 bits per heavy atom. The lowest BCUT2D eigenvalue weighted by Crippen LogP contribution is -2.48. The molecule has 0 bridgehead atoms. The van der Waals surface area contributed by atoms with Crippen molar-refractivity contribution in [2.24, 2.45) is 22.7 Å². The smallest absolute Gasteiger partial charge is 0.0126 e. The topological polar surface area (TPSA) is 6.48 Å². The second-order valence-corrected chi connectivity index (χ2v) is 11.7. The molecule has 0 saturated heterocycles.